The molecule has 152 valence electrons. The number of nitrogens with one attached hydrogen (secondary N) is 1. The van der Waals surface area contributed by atoms with E-state index in [0.717, 1.165) is 44.4 Å². The van der Waals surface area contributed by atoms with E-state index in [1.165, 1.54) is 11.8 Å². The average Bonchev–Trinajstić information content (AvgIpc) is 3.20. The predicted octanol–water partition coefficient (Wildman–Crippen LogP) is 4.75. The summed E-state index contributed by atoms with van der Waals surface area (Å²) in [5.41, 5.74) is 5.67. The van der Waals surface area contributed by atoms with Crippen LogP contribution in [0.2, 0.25) is 0 Å². The van der Waals surface area contributed by atoms with Crippen LogP contribution < -0.4 is 10.1 Å². The minimum atomic E-state index is -0.0592. The largest absolute Gasteiger partial charge is 0.497 e. The van der Waals surface area contributed by atoms with Crippen LogP contribution in [-0.2, 0) is 4.79 Å². The Morgan fingerprint density at radius 1 is 1.13 bits per heavy atom. The number of amides is 1. The lowest BCUT2D eigenvalue weighted by Crippen LogP contribution is -2.15. The fourth-order valence-electron chi connectivity index (χ4n) is 3.23. The van der Waals surface area contributed by atoms with E-state index < -0.39 is 0 Å². The summed E-state index contributed by atoms with van der Waals surface area (Å²) in [6.07, 6.45) is 3.51. The Labute approximate surface area is 179 Å². The van der Waals surface area contributed by atoms with Crippen LogP contribution in [0.25, 0.3) is 16.8 Å². The van der Waals surface area contributed by atoms with Gasteiger partial charge in [0.25, 0.3) is 0 Å². The molecule has 0 radical (unpaired) electrons. The number of carbonyl (C=O) groups excluding carboxylic acids is 1. The fourth-order valence-corrected chi connectivity index (χ4v) is 4.01. The number of ether oxygens (including phenoxy) is 1. The van der Waals surface area contributed by atoms with Crippen molar-refractivity contribution in [1.29, 1.82) is 0 Å². The average molecular weight is 419 g/mol. The van der Waals surface area contributed by atoms with Crippen molar-refractivity contribution in [1.82, 2.24) is 14.6 Å². The van der Waals surface area contributed by atoms with Crippen LogP contribution >= 0.6 is 11.8 Å². The molecule has 2 heterocycles. The summed E-state index contributed by atoms with van der Waals surface area (Å²) in [5.74, 6) is 1.01. The van der Waals surface area contributed by atoms with Crippen molar-refractivity contribution in [3.63, 3.8) is 0 Å². The van der Waals surface area contributed by atoms with Gasteiger partial charge in [-0.3, -0.25) is 4.79 Å². The first-order chi connectivity index (χ1) is 14.5. The molecule has 0 saturated heterocycles. The Balaban J connectivity index is 1.51. The summed E-state index contributed by atoms with van der Waals surface area (Å²) in [6, 6.07) is 15.7. The van der Waals surface area contributed by atoms with Gasteiger partial charge in [-0.2, -0.15) is 5.10 Å². The van der Waals surface area contributed by atoms with Gasteiger partial charge in [0.05, 0.1) is 24.1 Å². The van der Waals surface area contributed by atoms with E-state index in [2.05, 4.69) is 15.4 Å². The van der Waals surface area contributed by atoms with Gasteiger partial charge in [0.2, 0.25) is 5.91 Å². The molecular weight excluding hydrogens is 396 g/mol. The van der Waals surface area contributed by atoms with Gasteiger partial charge in [0.15, 0.2) is 0 Å². The molecule has 0 aliphatic carbocycles. The summed E-state index contributed by atoms with van der Waals surface area (Å²) in [5, 5.41) is 8.42. The number of rotatable bonds is 6. The van der Waals surface area contributed by atoms with Crippen LogP contribution in [0.5, 0.6) is 5.75 Å². The molecule has 4 aromatic rings. The van der Waals surface area contributed by atoms with E-state index in [-0.39, 0.29) is 11.7 Å². The van der Waals surface area contributed by atoms with Gasteiger partial charge in [0.1, 0.15) is 10.8 Å². The molecule has 0 fully saturated rings. The standard InChI is InChI=1S/C23H22N4O2S/c1-15-5-4-6-16(2)22(15)25-21(28)14-30-23-20-13-19(26-27(20)12-11-24-23)17-7-9-18(29-3)10-8-17/h4-13H,14H2,1-3H3,(H,25,28). The van der Waals surface area contributed by atoms with Gasteiger partial charge in [-0.1, -0.05) is 30.0 Å². The van der Waals surface area contributed by atoms with Crippen LogP contribution in [-0.4, -0.2) is 33.4 Å². The molecular formula is C23H22N4O2S. The number of aromatic nitrogens is 3. The summed E-state index contributed by atoms with van der Waals surface area (Å²) in [4.78, 5) is 17.0. The lowest BCUT2D eigenvalue weighted by molar-refractivity contribution is -0.113. The third-order valence-corrected chi connectivity index (χ3v) is 5.82. The first-order valence-corrected chi connectivity index (χ1v) is 10.5. The molecule has 2 aromatic carbocycles. The number of hydrogen-bond acceptors (Lipinski definition) is 5. The van der Waals surface area contributed by atoms with E-state index in [1.807, 2.05) is 68.6 Å². The molecule has 2 aromatic heterocycles. The normalized spacial score (nSPS) is 10.9. The van der Waals surface area contributed by atoms with Gasteiger partial charge in [-0.15, -0.1) is 0 Å². The maximum absolute atomic E-state index is 12.5. The minimum Gasteiger partial charge on any atom is -0.497 e. The Hall–Kier alpha value is -3.32. The van der Waals surface area contributed by atoms with E-state index in [0.29, 0.717) is 0 Å². The fraction of sp³-hybridized carbons (Fsp3) is 0.174. The summed E-state index contributed by atoms with van der Waals surface area (Å²) in [6.45, 7) is 3.98. The van der Waals surface area contributed by atoms with E-state index in [4.69, 9.17) is 4.74 Å². The Morgan fingerprint density at radius 3 is 2.57 bits per heavy atom. The molecule has 0 aliphatic heterocycles. The van der Waals surface area contributed by atoms with Crippen molar-refractivity contribution < 1.29 is 9.53 Å². The predicted molar refractivity (Wildman–Crippen MR) is 120 cm³/mol. The lowest BCUT2D eigenvalue weighted by Gasteiger charge is -2.11. The van der Waals surface area contributed by atoms with Gasteiger partial charge >= 0.3 is 0 Å². The molecule has 1 amide bonds. The van der Waals surface area contributed by atoms with Gasteiger partial charge in [0, 0.05) is 23.6 Å². The van der Waals surface area contributed by atoms with E-state index >= 15 is 0 Å². The monoisotopic (exact) mass is 418 g/mol. The highest BCUT2D eigenvalue weighted by Gasteiger charge is 2.13. The molecule has 0 atom stereocenters. The van der Waals surface area contributed by atoms with Crippen LogP contribution in [0.3, 0.4) is 0 Å². The molecule has 0 saturated carbocycles. The maximum atomic E-state index is 12.5. The zero-order chi connectivity index (χ0) is 21.1. The Kier molecular flexibility index (Phi) is 5.72. The maximum Gasteiger partial charge on any atom is 0.234 e. The number of anilines is 1. The number of aryl methyl sites for hydroxylation is 2. The Bertz CT molecular complexity index is 1180. The highest BCUT2D eigenvalue weighted by molar-refractivity contribution is 8.00. The number of benzene rings is 2. The summed E-state index contributed by atoms with van der Waals surface area (Å²) in [7, 11) is 1.64. The van der Waals surface area contributed by atoms with Gasteiger partial charge in [-0.25, -0.2) is 9.50 Å². The molecule has 0 aliphatic rings. The highest BCUT2D eigenvalue weighted by atomic mass is 32.2. The molecule has 1 N–H and O–H groups in total. The molecule has 6 nitrogen and oxygen atoms in total. The van der Waals surface area contributed by atoms with Gasteiger partial charge in [-0.05, 0) is 55.3 Å². The molecule has 0 spiro atoms. The molecule has 4 rings (SSSR count). The quantitative estimate of drug-likeness (QED) is 0.458. The summed E-state index contributed by atoms with van der Waals surface area (Å²) < 4.78 is 7.01. The number of methoxy groups -OCH3 is 1. The van der Waals surface area contributed by atoms with E-state index in [1.54, 1.807) is 17.8 Å². The first kappa shape index (κ1) is 20.0. The van der Waals surface area contributed by atoms with E-state index in [9.17, 15) is 4.79 Å². The van der Waals surface area contributed by atoms with Crippen LogP contribution in [0.4, 0.5) is 5.69 Å². The number of nitrogens with zero attached hydrogens (tertiary/aromatic N) is 3. The number of carbonyl (C=O) groups is 1. The van der Waals surface area contributed by atoms with Gasteiger partial charge < -0.3 is 10.1 Å². The smallest absolute Gasteiger partial charge is 0.234 e. The molecule has 30 heavy (non-hydrogen) atoms. The van der Waals surface area contributed by atoms with Crippen LogP contribution in [0.1, 0.15) is 11.1 Å². The summed E-state index contributed by atoms with van der Waals surface area (Å²) >= 11 is 1.40. The molecule has 0 bridgehead atoms. The lowest BCUT2D eigenvalue weighted by atomic mass is 10.1. The van der Waals surface area contributed by atoms with Crippen molar-refractivity contribution in [2.24, 2.45) is 0 Å². The topological polar surface area (TPSA) is 68.5 Å². The number of fused-ring (bicyclic) bond motifs is 1. The Morgan fingerprint density at radius 2 is 1.87 bits per heavy atom. The zero-order valence-corrected chi connectivity index (χ0v) is 17.9. The highest BCUT2D eigenvalue weighted by Crippen LogP contribution is 2.27. The third-order valence-electron chi connectivity index (χ3n) is 4.83. The first-order valence-electron chi connectivity index (χ1n) is 9.53. The van der Waals surface area contributed by atoms with Crippen LogP contribution in [0.15, 0.2) is 66.0 Å². The van der Waals surface area contributed by atoms with Crippen molar-refractivity contribution in [2.45, 2.75) is 18.9 Å². The van der Waals surface area contributed by atoms with Crippen LogP contribution in [0, 0.1) is 13.8 Å². The van der Waals surface area contributed by atoms with Crippen molar-refractivity contribution in [3.8, 4) is 17.0 Å². The van der Waals surface area contributed by atoms with Crippen molar-refractivity contribution >= 4 is 28.9 Å². The second-order valence-corrected chi connectivity index (χ2v) is 7.89. The second kappa shape index (κ2) is 8.59. The number of thioether (sulfide) groups is 1. The molecule has 0 unspecified atom stereocenters. The minimum absolute atomic E-state index is 0.0592. The van der Waals surface area contributed by atoms with Crippen molar-refractivity contribution in [3.05, 3.63) is 72.1 Å². The number of para-hydroxylation sites is 1. The SMILES string of the molecule is COc1ccc(-c2cc3c(SCC(=O)Nc4c(C)cccc4C)nccn3n2)cc1. The second-order valence-electron chi connectivity index (χ2n) is 6.92. The number of hydrogen-bond donors (Lipinski definition) is 1. The third kappa shape index (κ3) is 4.16. The van der Waals surface area contributed by atoms with Crippen molar-refractivity contribution in [2.75, 3.05) is 18.2 Å². The zero-order valence-electron chi connectivity index (χ0n) is 17.0. The molecule has 7 heteroatoms.